The number of anilines is 3. The minimum atomic E-state index is -0.409. The Morgan fingerprint density at radius 2 is 1.71 bits per heavy atom. The first-order valence-corrected chi connectivity index (χ1v) is 5.13. The zero-order valence-electron chi connectivity index (χ0n) is 9.32. The summed E-state index contributed by atoms with van der Waals surface area (Å²) in [4.78, 5) is 1.59. The highest BCUT2D eigenvalue weighted by Crippen LogP contribution is 2.30. The Morgan fingerprint density at radius 1 is 1.00 bits per heavy atom. The van der Waals surface area contributed by atoms with E-state index in [-0.39, 0.29) is 11.5 Å². The van der Waals surface area contributed by atoms with Crippen LogP contribution in [0, 0.1) is 11.6 Å². The van der Waals surface area contributed by atoms with Crippen LogP contribution in [0.3, 0.4) is 0 Å². The summed E-state index contributed by atoms with van der Waals surface area (Å²) < 4.78 is 26.5. The standard InChI is InChI=1S/C13H12F2N2/c1-17(12-5-3-2-4-10(12)15)13-7-6-9(14)8-11(13)16/h2-8H,16H2,1H3. The van der Waals surface area contributed by atoms with Gasteiger partial charge in [-0.3, -0.25) is 0 Å². The Morgan fingerprint density at radius 3 is 2.35 bits per heavy atom. The highest BCUT2D eigenvalue weighted by molar-refractivity contribution is 5.74. The van der Waals surface area contributed by atoms with Gasteiger partial charge in [0.2, 0.25) is 0 Å². The van der Waals surface area contributed by atoms with Gasteiger partial charge in [0.25, 0.3) is 0 Å². The molecule has 0 aromatic heterocycles. The Hall–Kier alpha value is -2.10. The zero-order valence-corrected chi connectivity index (χ0v) is 9.32. The van der Waals surface area contributed by atoms with E-state index in [1.54, 1.807) is 30.1 Å². The maximum atomic E-state index is 13.6. The van der Waals surface area contributed by atoms with E-state index in [9.17, 15) is 8.78 Å². The van der Waals surface area contributed by atoms with E-state index in [0.29, 0.717) is 11.4 Å². The third kappa shape index (κ3) is 2.20. The van der Waals surface area contributed by atoms with Gasteiger partial charge in [-0.25, -0.2) is 8.78 Å². The minimum absolute atomic E-state index is 0.274. The molecule has 0 amide bonds. The van der Waals surface area contributed by atoms with Crippen molar-refractivity contribution in [1.29, 1.82) is 0 Å². The molecule has 0 fully saturated rings. The lowest BCUT2D eigenvalue weighted by Gasteiger charge is -2.21. The Labute approximate surface area is 98.3 Å². The average Bonchev–Trinajstić information content (AvgIpc) is 2.29. The largest absolute Gasteiger partial charge is 0.397 e. The number of nitrogen functional groups attached to an aromatic ring is 1. The maximum Gasteiger partial charge on any atom is 0.146 e. The SMILES string of the molecule is CN(c1ccc(F)cc1N)c1ccccc1F. The molecule has 2 N–H and O–H groups in total. The van der Waals surface area contributed by atoms with Gasteiger partial charge >= 0.3 is 0 Å². The number of nitrogens with two attached hydrogens (primary N) is 1. The second-order valence-electron chi connectivity index (χ2n) is 3.71. The summed E-state index contributed by atoms with van der Waals surface area (Å²) in [6.45, 7) is 0. The maximum absolute atomic E-state index is 13.6. The van der Waals surface area contributed by atoms with Gasteiger partial charge in [-0.05, 0) is 30.3 Å². The number of rotatable bonds is 2. The molecular weight excluding hydrogens is 222 g/mol. The molecule has 2 nitrogen and oxygen atoms in total. The van der Waals surface area contributed by atoms with Gasteiger partial charge in [-0.15, -0.1) is 0 Å². The molecule has 0 spiro atoms. The molecule has 4 heteroatoms. The minimum Gasteiger partial charge on any atom is -0.397 e. The Balaban J connectivity index is 2.44. The van der Waals surface area contributed by atoms with E-state index in [4.69, 9.17) is 5.73 Å². The van der Waals surface area contributed by atoms with Crippen LogP contribution in [0.25, 0.3) is 0 Å². The molecule has 0 bridgehead atoms. The predicted molar refractivity (Wildman–Crippen MR) is 65.3 cm³/mol. The highest BCUT2D eigenvalue weighted by atomic mass is 19.1. The summed E-state index contributed by atoms with van der Waals surface area (Å²) >= 11 is 0. The third-order valence-electron chi connectivity index (χ3n) is 2.56. The number of nitrogens with zero attached hydrogens (tertiary/aromatic N) is 1. The van der Waals surface area contributed by atoms with Crippen molar-refractivity contribution in [1.82, 2.24) is 0 Å². The van der Waals surface area contributed by atoms with Crippen LogP contribution in [0.2, 0.25) is 0 Å². The van der Waals surface area contributed by atoms with Crippen molar-refractivity contribution in [2.24, 2.45) is 0 Å². The van der Waals surface area contributed by atoms with Gasteiger partial charge < -0.3 is 10.6 Å². The molecule has 0 radical (unpaired) electrons. The van der Waals surface area contributed by atoms with Crippen molar-refractivity contribution in [3.05, 3.63) is 54.1 Å². The molecule has 0 atom stereocenters. The van der Waals surface area contributed by atoms with Gasteiger partial charge in [0.15, 0.2) is 0 Å². The summed E-state index contributed by atoms with van der Waals surface area (Å²) in [6.07, 6.45) is 0. The van der Waals surface area contributed by atoms with Crippen LogP contribution in [0.5, 0.6) is 0 Å². The second-order valence-corrected chi connectivity index (χ2v) is 3.71. The van der Waals surface area contributed by atoms with Crippen LogP contribution in [-0.4, -0.2) is 7.05 Å². The average molecular weight is 234 g/mol. The molecule has 0 aliphatic rings. The van der Waals surface area contributed by atoms with E-state index in [1.165, 1.54) is 24.3 Å². The lowest BCUT2D eigenvalue weighted by Crippen LogP contribution is -2.13. The van der Waals surface area contributed by atoms with Crippen LogP contribution in [0.4, 0.5) is 25.8 Å². The predicted octanol–water partition coefficient (Wildman–Crippen LogP) is 3.31. The van der Waals surface area contributed by atoms with Crippen LogP contribution < -0.4 is 10.6 Å². The Kier molecular flexibility index (Phi) is 2.95. The van der Waals surface area contributed by atoms with Gasteiger partial charge in [-0.2, -0.15) is 0 Å². The third-order valence-corrected chi connectivity index (χ3v) is 2.56. The van der Waals surface area contributed by atoms with Crippen molar-refractivity contribution < 1.29 is 8.78 Å². The van der Waals surface area contributed by atoms with Crippen LogP contribution in [-0.2, 0) is 0 Å². The molecule has 0 aliphatic carbocycles. The first kappa shape index (κ1) is 11.4. The van der Waals surface area contributed by atoms with Crippen LogP contribution in [0.15, 0.2) is 42.5 Å². The molecule has 88 valence electrons. The molecule has 2 rings (SSSR count). The topological polar surface area (TPSA) is 29.3 Å². The first-order chi connectivity index (χ1) is 8.09. The van der Waals surface area contributed by atoms with E-state index >= 15 is 0 Å². The monoisotopic (exact) mass is 234 g/mol. The quantitative estimate of drug-likeness (QED) is 0.808. The normalized spacial score (nSPS) is 10.3. The van der Waals surface area contributed by atoms with E-state index < -0.39 is 5.82 Å². The smallest absolute Gasteiger partial charge is 0.146 e. The highest BCUT2D eigenvalue weighted by Gasteiger charge is 2.11. The van der Waals surface area contributed by atoms with Crippen molar-refractivity contribution in [2.75, 3.05) is 17.7 Å². The van der Waals surface area contributed by atoms with Crippen molar-refractivity contribution in [3.8, 4) is 0 Å². The molecule has 0 unspecified atom stereocenters. The molecule has 0 saturated carbocycles. The number of benzene rings is 2. The van der Waals surface area contributed by atoms with E-state index in [1.807, 2.05) is 0 Å². The van der Waals surface area contributed by atoms with Gasteiger partial charge in [0, 0.05) is 7.05 Å². The first-order valence-electron chi connectivity index (χ1n) is 5.13. The number of halogens is 2. The lowest BCUT2D eigenvalue weighted by atomic mass is 10.2. The summed E-state index contributed by atoms with van der Waals surface area (Å²) in [6, 6.07) is 10.4. The summed E-state index contributed by atoms with van der Waals surface area (Å²) in [5, 5.41) is 0. The van der Waals surface area contributed by atoms with E-state index in [0.717, 1.165) is 0 Å². The van der Waals surface area contributed by atoms with Crippen LogP contribution >= 0.6 is 0 Å². The molecule has 0 heterocycles. The lowest BCUT2D eigenvalue weighted by molar-refractivity contribution is 0.626. The van der Waals surface area contributed by atoms with Crippen molar-refractivity contribution in [3.63, 3.8) is 0 Å². The summed E-state index contributed by atoms with van der Waals surface area (Å²) in [5.74, 6) is -0.757. The molecule has 17 heavy (non-hydrogen) atoms. The number of para-hydroxylation sites is 1. The molecule has 0 saturated heterocycles. The van der Waals surface area contributed by atoms with Crippen LogP contribution in [0.1, 0.15) is 0 Å². The van der Waals surface area contributed by atoms with Crippen molar-refractivity contribution >= 4 is 17.1 Å². The fraction of sp³-hybridized carbons (Fsp3) is 0.0769. The fourth-order valence-electron chi connectivity index (χ4n) is 1.68. The zero-order chi connectivity index (χ0) is 12.4. The number of hydrogen-bond acceptors (Lipinski definition) is 2. The summed E-state index contributed by atoms with van der Waals surface area (Å²) in [7, 11) is 1.68. The summed E-state index contributed by atoms with van der Waals surface area (Å²) in [5.41, 5.74) is 6.94. The molecule has 0 aliphatic heterocycles. The molecular formula is C13H12F2N2. The molecule has 2 aromatic rings. The fourth-order valence-corrected chi connectivity index (χ4v) is 1.68. The van der Waals surface area contributed by atoms with E-state index in [2.05, 4.69) is 0 Å². The van der Waals surface area contributed by atoms with Crippen molar-refractivity contribution in [2.45, 2.75) is 0 Å². The van der Waals surface area contributed by atoms with Gasteiger partial charge in [0.1, 0.15) is 11.6 Å². The Bertz CT molecular complexity index is 541. The molecule has 2 aromatic carbocycles. The van der Waals surface area contributed by atoms with Gasteiger partial charge in [-0.1, -0.05) is 12.1 Å². The number of hydrogen-bond donors (Lipinski definition) is 1. The second kappa shape index (κ2) is 4.41. The van der Waals surface area contributed by atoms with Gasteiger partial charge in [0.05, 0.1) is 17.1 Å².